The molecule has 0 spiro atoms. The van der Waals surface area contributed by atoms with Gasteiger partial charge in [0, 0.05) is 22.5 Å². The van der Waals surface area contributed by atoms with E-state index in [0.717, 1.165) is 5.70 Å². The molecule has 4 atom stereocenters. The number of carbonyl (C=O) groups is 3. The van der Waals surface area contributed by atoms with Crippen molar-refractivity contribution >= 4 is 17.7 Å². The van der Waals surface area contributed by atoms with Crippen LogP contribution in [0.15, 0.2) is 46.8 Å². The molecule has 0 radical (unpaired) electrons. The summed E-state index contributed by atoms with van der Waals surface area (Å²) >= 11 is 0. The Morgan fingerprint density at radius 3 is 2.55 bits per heavy atom. The molecule has 1 aromatic rings. The van der Waals surface area contributed by atoms with E-state index < -0.39 is 23.8 Å². The van der Waals surface area contributed by atoms with Gasteiger partial charge >= 0.3 is 11.9 Å². The molecule has 0 saturated carbocycles. The third-order valence-electron chi connectivity index (χ3n) is 6.38. The quantitative estimate of drug-likeness (QED) is 0.490. The van der Waals surface area contributed by atoms with Crippen molar-refractivity contribution in [2.24, 2.45) is 11.8 Å². The summed E-state index contributed by atoms with van der Waals surface area (Å²) in [5.74, 6) is -2.68. The molecule has 1 aromatic carbocycles. The molecule has 2 aliphatic rings. The summed E-state index contributed by atoms with van der Waals surface area (Å²) in [6.07, 6.45) is 0.875. The Morgan fingerprint density at radius 2 is 1.91 bits per heavy atom. The molecule has 1 aliphatic carbocycles. The van der Waals surface area contributed by atoms with Crippen molar-refractivity contribution in [1.29, 1.82) is 0 Å². The number of carbonyl (C=O) groups excluding carboxylic acids is 3. The third-order valence-corrected chi connectivity index (χ3v) is 6.38. The smallest absolute Gasteiger partial charge is 0.337 e. The van der Waals surface area contributed by atoms with Crippen LogP contribution in [0.5, 0.6) is 5.75 Å². The molecule has 0 saturated heterocycles. The van der Waals surface area contributed by atoms with E-state index >= 15 is 0 Å². The summed E-state index contributed by atoms with van der Waals surface area (Å²) in [7, 11) is 1.28. The normalized spacial score (nSPS) is 23.5. The van der Waals surface area contributed by atoms with Crippen molar-refractivity contribution in [1.82, 2.24) is 5.32 Å². The van der Waals surface area contributed by atoms with E-state index in [1.807, 2.05) is 58.9 Å². The summed E-state index contributed by atoms with van der Waals surface area (Å²) in [6, 6.07) is 7.37. The standard InChI is InChI=1S/C26H33NO6/c1-7-15(4)33-26(30)21-16(5)27-18-13-14(3)20(25(29)31-6)24(28)23(18)22(21)17-11-9-10-12-19(17)32-8-2/h9-12,14-15,20,22,27H,7-8,13H2,1-6H3/t14-,15-,20-,22+/m1/s1. The molecule has 0 aromatic heterocycles. The van der Waals surface area contributed by atoms with Crippen LogP contribution in [0.25, 0.3) is 0 Å². The van der Waals surface area contributed by atoms with Crippen molar-refractivity contribution in [2.45, 2.75) is 59.5 Å². The predicted molar refractivity (Wildman–Crippen MR) is 123 cm³/mol. The van der Waals surface area contributed by atoms with Crippen LogP contribution in [0.3, 0.4) is 0 Å². The number of methoxy groups -OCH3 is 1. The molecule has 7 heteroatoms. The number of ketones is 1. The number of benzene rings is 1. The lowest BCUT2D eigenvalue weighted by Gasteiger charge is -2.38. The van der Waals surface area contributed by atoms with E-state index in [0.29, 0.717) is 47.6 Å². The van der Waals surface area contributed by atoms with Crippen molar-refractivity contribution in [3.8, 4) is 5.75 Å². The molecule has 33 heavy (non-hydrogen) atoms. The number of dihydropyridines is 1. The Labute approximate surface area is 195 Å². The van der Waals surface area contributed by atoms with Gasteiger partial charge in [-0.05, 0) is 45.6 Å². The molecular formula is C26H33NO6. The summed E-state index contributed by atoms with van der Waals surface area (Å²) < 4.78 is 16.5. The van der Waals surface area contributed by atoms with Gasteiger partial charge in [0.1, 0.15) is 11.7 Å². The van der Waals surface area contributed by atoms with Crippen LogP contribution in [-0.4, -0.2) is 37.5 Å². The molecule has 7 nitrogen and oxygen atoms in total. The highest BCUT2D eigenvalue weighted by atomic mass is 16.5. The average molecular weight is 456 g/mol. The van der Waals surface area contributed by atoms with Gasteiger partial charge in [0.15, 0.2) is 5.78 Å². The Bertz CT molecular complexity index is 1010. The van der Waals surface area contributed by atoms with Crippen molar-refractivity contribution in [3.63, 3.8) is 0 Å². The number of allylic oxidation sites excluding steroid dienone is 3. The predicted octanol–water partition coefficient (Wildman–Crippen LogP) is 4.04. The van der Waals surface area contributed by atoms with Gasteiger partial charge in [-0.2, -0.15) is 0 Å². The first-order chi connectivity index (χ1) is 15.7. The fraction of sp³-hybridized carbons (Fsp3) is 0.500. The van der Waals surface area contributed by atoms with E-state index in [-0.39, 0.29) is 17.8 Å². The van der Waals surface area contributed by atoms with E-state index in [1.54, 1.807) is 0 Å². The maximum Gasteiger partial charge on any atom is 0.337 e. The number of esters is 2. The molecule has 0 amide bonds. The zero-order chi connectivity index (χ0) is 24.3. The largest absolute Gasteiger partial charge is 0.494 e. The molecule has 1 N–H and O–H groups in total. The lowest BCUT2D eigenvalue weighted by atomic mass is 9.69. The first-order valence-electron chi connectivity index (χ1n) is 11.5. The second-order valence-corrected chi connectivity index (χ2v) is 8.63. The molecule has 3 rings (SSSR count). The minimum Gasteiger partial charge on any atom is -0.494 e. The van der Waals surface area contributed by atoms with Crippen LogP contribution in [0.4, 0.5) is 0 Å². The lowest BCUT2D eigenvalue weighted by Crippen LogP contribution is -2.43. The number of hydrogen-bond donors (Lipinski definition) is 1. The fourth-order valence-corrected chi connectivity index (χ4v) is 4.60. The van der Waals surface area contributed by atoms with E-state index in [1.165, 1.54) is 7.11 Å². The molecule has 0 fully saturated rings. The van der Waals surface area contributed by atoms with Gasteiger partial charge in [0.05, 0.1) is 31.3 Å². The SMILES string of the molecule is CCOc1ccccc1[C@H]1C(C(=O)O[C@H](C)CC)=C(C)NC2=C1C(=O)[C@H](C(=O)OC)[C@H](C)C2. The maximum atomic E-state index is 13.8. The zero-order valence-electron chi connectivity index (χ0n) is 20.2. The van der Waals surface area contributed by atoms with Crippen molar-refractivity contribution in [3.05, 3.63) is 52.4 Å². The molecular weight excluding hydrogens is 422 g/mol. The van der Waals surface area contributed by atoms with Gasteiger partial charge in [-0.1, -0.05) is 32.0 Å². The van der Waals surface area contributed by atoms with Crippen LogP contribution in [0.2, 0.25) is 0 Å². The van der Waals surface area contributed by atoms with Crippen LogP contribution < -0.4 is 10.1 Å². The lowest BCUT2D eigenvalue weighted by molar-refractivity contribution is -0.151. The van der Waals surface area contributed by atoms with Gasteiger partial charge in [-0.15, -0.1) is 0 Å². The maximum absolute atomic E-state index is 13.8. The second-order valence-electron chi connectivity index (χ2n) is 8.63. The molecule has 0 unspecified atom stereocenters. The highest BCUT2D eigenvalue weighted by Crippen LogP contribution is 2.47. The first-order valence-corrected chi connectivity index (χ1v) is 11.5. The minimum absolute atomic E-state index is 0.236. The van der Waals surface area contributed by atoms with E-state index in [9.17, 15) is 14.4 Å². The Hall–Kier alpha value is -3.09. The zero-order valence-corrected chi connectivity index (χ0v) is 20.2. The number of ether oxygens (including phenoxy) is 3. The van der Waals surface area contributed by atoms with Gasteiger partial charge in [-0.25, -0.2) is 4.79 Å². The topological polar surface area (TPSA) is 90.9 Å². The number of hydrogen-bond acceptors (Lipinski definition) is 7. The van der Waals surface area contributed by atoms with Gasteiger partial charge in [-0.3, -0.25) is 9.59 Å². The summed E-state index contributed by atoms with van der Waals surface area (Å²) in [5, 5.41) is 3.27. The van der Waals surface area contributed by atoms with Crippen LogP contribution >= 0.6 is 0 Å². The van der Waals surface area contributed by atoms with Crippen molar-refractivity contribution in [2.75, 3.05) is 13.7 Å². The summed E-state index contributed by atoms with van der Waals surface area (Å²) in [6.45, 7) is 9.75. The highest BCUT2D eigenvalue weighted by molar-refractivity contribution is 6.12. The van der Waals surface area contributed by atoms with E-state index in [4.69, 9.17) is 14.2 Å². The fourth-order valence-electron chi connectivity index (χ4n) is 4.60. The molecule has 1 aliphatic heterocycles. The van der Waals surface area contributed by atoms with Gasteiger partial charge in [0.2, 0.25) is 0 Å². The van der Waals surface area contributed by atoms with Crippen LogP contribution in [0, 0.1) is 11.8 Å². The molecule has 1 heterocycles. The molecule has 0 bridgehead atoms. The van der Waals surface area contributed by atoms with E-state index in [2.05, 4.69) is 5.32 Å². The van der Waals surface area contributed by atoms with Gasteiger partial charge in [0.25, 0.3) is 0 Å². The Morgan fingerprint density at radius 1 is 1.21 bits per heavy atom. The Balaban J connectivity index is 2.21. The summed E-state index contributed by atoms with van der Waals surface area (Å²) in [4.78, 5) is 39.6. The van der Waals surface area contributed by atoms with Crippen molar-refractivity contribution < 1.29 is 28.6 Å². The Kier molecular flexibility index (Phi) is 7.61. The average Bonchev–Trinajstić information content (AvgIpc) is 2.78. The van der Waals surface area contributed by atoms with Crippen LogP contribution in [0.1, 0.15) is 58.9 Å². The van der Waals surface area contributed by atoms with Crippen LogP contribution in [-0.2, 0) is 23.9 Å². The van der Waals surface area contributed by atoms with Gasteiger partial charge < -0.3 is 19.5 Å². The number of nitrogens with one attached hydrogen (secondary N) is 1. The highest BCUT2D eigenvalue weighted by Gasteiger charge is 2.47. The second kappa shape index (κ2) is 10.2. The third kappa shape index (κ3) is 4.68. The number of para-hydroxylation sites is 1. The summed E-state index contributed by atoms with van der Waals surface area (Å²) in [5.41, 5.74) is 2.80. The molecule has 178 valence electrons. The number of rotatable bonds is 7. The minimum atomic E-state index is -0.928. The monoisotopic (exact) mass is 455 g/mol. The number of Topliss-reactive ketones (excluding diaryl/α,β-unsaturated/α-hetero) is 1. The first kappa shape index (κ1) is 24.6.